The summed E-state index contributed by atoms with van der Waals surface area (Å²) in [4.78, 5) is 2.69. The van der Waals surface area contributed by atoms with E-state index in [1.807, 2.05) is 0 Å². The number of likely N-dealkylation sites (tertiary alicyclic amines) is 1. The molecule has 1 aliphatic heterocycles. The van der Waals surface area contributed by atoms with Gasteiger partial charge in [-0.1, -0.05) is 27.7 Å². The number of nitrogens with zero attached hydrogens (tertiary/aromatic N) is 1. The molecule has 17 heavy (non-hydrogen) atoms. The molecule has 2 rings (SSSR count). The summed E-state index contributed by atoms with van der Waals surface area (Å²) < 4.78 is 0. The van der Waals surface area contributed by atoms with Crippen LogP contribution in [0.4, 0.5) is 0 Å². The lowest BCUT2D eigenvalue weighted by atomic mass is 9.76. The van der Waals surface area contributed by atoms with Crippen LogP contribution >= 0.6 is 0 Å². The zero-order valence-electron chi connectivity index (χ0n) is 12.1. The normalized spacial score (nSPS) is 40.1. The van der Waals surface area contributed by atoms with Crippen LogP contribution in [-0.2, 0) is 0 Å². The Bertz CT molecular complexity index is 250. The summed E-state index contributed by atoms with van der Waals surface area (Å²) in [6, 6.07) is 1.26. The van der Waals surface area contributed by atoms with E-state index >= 15 is 0 Å². The second-order valence-electron chi connectivity index (χ2n) is 7.81. The lowest BCUT2D eigenvalue weighted by molar-refractivity contribution is 0.0309. The zero-order valence-corrected chi connectivity index (χ0v) is 12.1. The molecule has 0 radical (unpaired) electrons. The zero-order chi connectivity index (χ0) is 12.6. The maximum atomic E-state index is 6.24. The van der Waals surface area contributed by atoms with Crippen LogP contribution in [0.15, 0.2) is 0 Å². The van der Waals surface area contributed by atoms with Gasteiger partial charge in [0.2, 0.25) is 0 Å². The summed E-state index contributed by atoms with van der Waals surface area (Å²) in [5.74, 6) is 1.76. The Morgan fingerprint density at radius 3 is 2.29 bits per heavy atom. The van der Waals surface area contributed by atoms with E-state index in [1.54, 1.807) is 0 Å². The molecule has 1 aliphatic carbocycles. The fourth-order valence-electron chi connectivity index (χ4n) is 3.75. The monoisotopic (exact) mass is 238 g/mol. The van der Waals surface area contributed by atoms with Crippen LogP contribution in [0, 0.1) is 17.3 Å². The van der Waals surface area contributed by atoms with Crippen LogP contribution in [0.2, 0.25) is 0 Å². The van der Waals surface area contributed by atoms with Gasteiger partial charge in [0.1, 0.15) is 0 Å². The van der Waals surface area contributed by atoms with E-state index in [0.717, 1.165) is 24.4 Å². The van der Waals surface area contributed by atoms with E-state index in [4.69, 9.17) is 5.73 Å². The van der Waals surface area contributed by atoms with Crippen LogP contribution in [-0.4, -0.2) is 30.1 Å². The van der Waals surface area contributed by atoms with Crippen LogP contribution in [0.3, 0.4) is 0 Å². The van der Waals surface area contributed by atoms with E-state index in [2.05, 4.69) is 32.6 Å². The molecule has 2 atom stereocenters. The van der Waals surface area contributed by atoms with Gasteiger partial charge in [0.15, 0.2) is 0 Å². The molecule has 0 aromatic rings. The number of hydrogen-bond donors (Lipinski definition) is 1. The molecule has 0 spiro atoms. The minimum atomic E-state index is 0.409. The van der Waals surface area contributed by atoms with Crippen molar-refractivity contribution in [2.75, 3.05) is 13.1 Å². The topological polar surface area (TPSA) is 29.3 Å². The second-order valence-corrected chi connectivity index (χ2v) is 7.81. The summed E-state index contributed by atoms with van der Waals surface area (Å²) in [6.07, 6.45) is 5.35. The first-order valence-corrected chi connectivity index (χ1v) is 7.33. The molecule has 0 aromatic carbocycles. The number of hydrogen-bond acceptors (Lipinski definition) is 2. The fraction of sp³-hybridized carbons (Fsp3) is 1.00. The van der Waals surface area contributed by atoms with Gasteiger partial charge in [0.05, 0.1) is 0 Å². The van der Waals surface area contributed by atoms with Gasteiger partial charge >= 0.3 is 0 Å². The highest BCUT2D eigenvalue weighted by Crippen LogP contribution is 2.36. The van der Waals surface area contributed by atoms with Crippen molar-refractivity contribution in [1.29, 1.82) is 0 Å². The standard InChI is InChI=1S/C15H30N2/c1-11-5-14(6-11)17-9-12(7-13(16)10-17)8-15(2,3)4/h11-14H,5-10,16H2,1-4H3. The third-order valence-electron chi connectivity index (χ3n) is 4.36. The molecule has 100 valence electrons. The molecule has 0 aromatic heterocycles. The van der Waals surface area contributed by atoms with E-state index in [1.165, 1.54) is 32.2 Å². The first-order chi connectivity index (χ1) is 7.83. The molecule has 0 bridgehead atoms. The molecular weight excluding hydrogens is 208 g/mol. The van der Waals surface area contributed by atoms with Gasteiger partial charge in [0.25, 0.3) is 0 Å². The number of piperidine rings is 1. The molecule has 0 amide bonds. The van der Waals surface area contributed by atoms with Gasteiger partial charge < -0.3 is 5.73 Å². The summed E-state index contributed by atoms with van der Waals surface area (Å²) in [5.41, 5.74) is 6.69. The third kappa shape index (κ3) is 3.69. The highest BCUT2D eigenvalue weighted by molar-refractivity contribution is 4.91. The molecule has 2 fully saturated rings. The highest BCUT2D eigenvalue weighted by Gasteiger charge is 2.36. The van der Waals surface area contributed by atoms with Crippen molar-refractivity contribution >= 4 is 0 Å². The highest BCUT2D eigenvalue weighted by atomic mass is 15.2. The number of nitrogens with two attached hydrogens (primary N) is 1. The number of rotatable bonds is 2. The van der Waals surface area contributed by atoms with Crippen molar-refractivity contribution in [3.05, 3.63) is 0 Å². The summed E-state index contributed by atoms with van der Waals surface area (Å²) in [7, 11) is 0. The van der Waals surface area contributed by atoms with Crippen LogP contribution < -0.4 is 5.73 Å². The van der Waals surface area contributed by atoms with Crippen LogP contribution in [0.1, 0.15) is 53.4 Å². The van der Waals surface area contributed by atoms with Gasteiger partial charge in [-0.3, -0.25) is 4.90 Å². The Labute approximate surface area is 107 Å². The van der Waals surface area contributed by atoms with Crippen molar-refractivity contribution in [2.24, 2.45) is 23.0 Å². The Kier molecular flexibility index (Phi) is 3.84. The Morgan fingerprint density at radius 1 is 1.12 bits per heavy atom. The molecule has 2 nitrogen and oxygen atoms in total. The third-order valence-corrected chi connectivity index (χ3v) is 4.36. The molecule has 2 unspecified atom stereocenters. The lowest BCUT2D eigenvalue weighted by Crippen LogP contribution is -2.54. The Hall–Kier alpha value is -0.0800. The van der Waals surface area contributed by atoms with E-state index < -0.39 is 0 Å². The van der Waals surface area contributed by atoms with Crippen LogP contribution in [0.25, 0.3) is 0 Å². The predicted octanol–water partition coefficient (Wildman–Crippen LogP) is 2.87. The first kappa shape index (κ1) is 13.4. The maximum Gasteiger partial charge on any atom is 0.0171 e. The maximum absolute atomic E-state index is 6.24. The van der Waals surface area contributed by atoms with Crippen molar-refractivity contribution in [3.8, 4) is 0 Å². The van der Waals surface area contributed by atoms with Crippen molar-refractivity contribution in [2.45, 2.75) is 65.5 Å². The van der Waals surface area contributed by atoms with Crippen molar-refractivity contribution in [3.63, 3.8) is 0 Å². The van der Waals surface area contributed by atoms with E-state index in [9.17, 15) is 0 Å². The summed E-state index contributed by atoms with van der Waals surface area (Å²) >= 11 is 0. The molecule has 2 heteroatoms. The average Bonchev–Trinajstić information content (AvgIpc) is 2.08. The van der Waals surface area contributed by atoms with Crippen molar-refractivity contribution < 1.29 is 0 Å². The second kappa shape index (κ2) is 4.89. The minimum Gasteiger partial charge on any atom is -0.327 e. The molecule has 1 saturated heterocycles. The average molecular weight is 238 g/mol. The summed E-state index contributed by atoms with van der Waals surface area (Å²) in [6.45, 7) is 11.8. The molecule has 1 saturated carbocycles. The van der Waals surface area contributed by atoms with Gasteiger partial charge in [-0.25, -0.2) is 0 Å². The Morgan fingerprint density at radius 2 is 1.76 bits per heavy atom. The molecular formula is C15H30N2. The fourth-order valence-corrected chi connectivity index (χ4v) is 3.75. The van der Waals surface area contributed by atoms with Gasteiger partial charge in [0, 0.05) is 25.2 Å². The molecule has 2 N–H and O–H groups in total. The predicted molar refractivity (Wildman–Crippen MR) is 73.9 cm³/mol. The summed E-state index contributed by atoms with van der Waals surface area (Å²) in [5, 5.41) is 0. The SMILES string of the molecule is CC1CC(N2CC(N)CC(CC(C)(C)C)C2)C1. The molecule has 1 heterocycles. The van der Waals surface area contributed by atoms with E-state index in [-0.39, 0.29) is 0 Å². The first-order valence-electron chi connectivity index (χ1n) is 7.33. The van der Waals surface area contributed by atoms with E-state index in [0.29, 0.717) is 11.5 Å². The minimum absolute atomic E-state index is 0.409. The molecule has 2 aliphatic rings. The van der Waals surface area contributed by atoms with Gasteiger partial charge in [-0.15, -0.1) is 0 Å². The Balaban J connectivity index is 1.88. The lowest BCUT2D eigenvalue weighted by Gasteiger charge is -2.47. The van der Waals surface area contributed by atoms with Gasteiger partial charge in [-0.2, -0.15) is 0 Å². The smallest absolute Gasteiger partial charge is 0.0171 e. The van der Waals surface area contributed by atoms with Gasteiger partial charge in [-0.05, 0) is 42.9 Å². The van der Waals surface area contributed by atoms with Crippen LogP contribution in [0.5, 0.6) is 0 Å². The van der Waals surface area contributed by atoms with Crippen molar-refractivity contribution in [1.82, 2.24) is 4.90 Å². The quantitative estimate of drug-likeness (QED) is 0.801. The largest absolute Gasteiger partial charge is 0.327 e.